The molecule has 0 heterocycles. The standard InChI is InChI=1S/C28H53NO8/c1-10-21(4)13-23(12-3)16-35-17-24(22(5)11-2)18-36-20-28(6,7)37-19-25(30)29(14-26(31)33-8)15-27(32)34-9/h21-24H,10-20H2,1-9H3. The van der Waals surface area contributed by atoms with Gasteiger partial charge in [0.25, 0.3) is 0 Å². The molecule has 0 aliphatic carbocycles. The summed E-state index contributed by atoms with van der Waals surface area (Å²) >= 11 is 0. The van der Waals surface area contributed by atoms with Crippen molar-refractivity contribution >= 4 is 17.8 Å². The Labute approximate surface area is 224 Å². The van der Waals surface area contributed by atoms with E-state index in [4.69, 9.17) is 14.2 Å². The summed E-state index contributed by atoms with van der Waals surface area (Å²) < 4.78 is 27.2. The average molecular weight is 532 g/mol. The highest BCUT2D eigenvalue weighted by molar-refractivity contribution is 5.86. The number of carbonyl (C=O) groups excluding carboxylic acids is 3. The zero-order valence-electron chi connectivity index (χ0n) is 24.8. The van der Waals surface area contributed by atoms with Crippen LogP contribution in [0.1, 0.15) is 74.1 Å². The molecule has 0 saturated heterocycles. The summed E-state index contributed by atoms with van der Waals surface area (Å²) in [5, 5.41) is 0. The van der Waals surface area contributed by atoms with E-state index in [1.54, 1.807) is 0 Å². The average Bonchev–Trinajstić information content (AvgIpc) is 2.88. The Morgan fingerprint density at radius 2 is 1.38 bits per heavy atom. The molecule has 0 rings (SSSR count). The molecule has 218 valence electrons. The van der Waals surface area contributed by atoms with Gasteiger partial charge in [-0.1, -0.05) is 53.9 Å². The van der Waals surface area contributed by atoms with E-state index in [0.717, 1.165) is 24.3 Å². The Balaban J connectivity index is 4.77. The molecule has 0 spiro atoms. The fraction of sp³-hybridized carbons (Fsp3) is 0.893. The lowest BCUT2D eigenvalue weighted by Gasteiger charge is -2.29. The van der Waals surface area contributed by atoms with Crippen LogP contribution in [0.3, 0.4) is 0 Å². The van der Waals surface area contributed by atoms with Gasteiger partial charge >= 0.3 is 11.9 Å². The molecule has 0 aromatic carbocycles. The van der Waals surface area contributed by atoms with Crippen molar-refractivity contribution in [2.45, 2.75) is 79.8 Å². The fourth-order valence-corrected chi connectivity index (χ4v) is 3.70. The molecule has 0 aliphatic heterocycles. The van der Waals surface area contributed by atoms with Gasteiger partial charge in [0.2, 0.25) is 5.91 Å². The minimum absolute atomic E-state index is 0.263. The quantitative estimate of drug-likeness (QED) is 0.204. The summed E-state index contributed by atoms with van der Waals surface area (Å²) in [6.45, 7) is 16.0. The van der Waals surface area contributed by atoms with Crippen LogP contribution >= 0.6 is 0 Å². The number of nitrogens with zero attached hydrogens (tertiary/aromatic N) is 1. The van der Waals surface area contributed by atoms with Crippen LogP contribution in [0.4, 0.5) is 0 Å². The van der Waals surface area contributed by atoms with Gasteiger partial charge in [0.1, 0.15) is 19.7 Å². The van der Waals surface area contributed by atoms with Gasteiger partial charge in [0.15, 0.2) is 0 Å². The molecule has 0 saturated carbocycles. The third kappa shape index (κ3) is 16.0. The number of esters is 2. The van der Waals surface area contributed by atoms with Crippen LogP contribution < -0.4 is 0 Å². The molecule has 0 N–H and O–H groups in total. The van der Waals surface area contributed by atoms with E-state index in [9.17, 15) is 14.4 Å². The third-order valence-corrected chi connectivity index (χ3v) is 6.96. The summed E-state index contributed by atoms with van der Waals surface area (Å²) in [7, 11) is 2.43. The lowest BCUT2D eigenvalue weighted by Crippen LogP contribution is -2.44. The van der Waals surface area contributed by atoms with Gasteiger partial charge in [-0.05, 0) is 38.0 Å². The molecule has 0 bridgehead atoms. The molecular weight excluding hydrogens is 478 g/mol. The summed E-state index contributed by atoms with van der Waals surface area (Å²) in [6.07, 6.45) is 4.54. The summed E-state index contributed by atoms with van der Waals surface area (Å²) in [6, 6.07) is 0. The van der Waals surface area contributed by atoms with E-state index < -0.39 is 23.4 Å². The molecule has 9 nitrogen and oxygen atoms in total. The highest BCUT2D eigenvalue weighted by Gasteiger charge is 2.26. The maximum atomic E-state index is 12.6. The first-order chi connectivity index (χ1) is 17.4. The number of ether oxygens (including phenoxy) is 5. The Morgan fingerprint density at radius 3 is 1.86 bits per heavy atom. The summed E-state index contributed by atoms with van der Waals surface area (Å²) in [5.41, 5.74) is -0.748. The molecular formula is C28H53NO8. The smallest absolute Gasteiger partial charge is 0.325 e. The Morgan fingerprint density at radius 1 is 0.811 bits per heavy atom. The number of methoxy groups -OCH3 is 2. The Bertz CT molecular complexity index is 636. The second kappa shape index (κ2) is 19.4. The predicted octanol–water partition coefficient (Wildman–Crippen LogP) is 4.11. The van der Waals surface area contributed by atoms with Crippen molar-refractivity contribution < 1.29 is 38.1 Å². The van der Waals surface area contributed by atoms with E-state index in [1.165, 1.54) is 27.1 Å². The minimum Gasteiger partial charge on any atom is -0.468 e. The zero-order valence-corrected chi connectivity index (χ0v) is 24.8. The van der Waals surface area contributed by atoms with Crippen LogP contribution in [0, 0.1) is 23.7 Å². The van der Waals surface area contributed by atoms with Gasteiger partial charge in [0, 0.05) is 12.5 Å². The van der Waals surface area contributed by atoms with Crippen molar-refractivity contribution in [1.82, 2.24) is 4.90 Å². The van der Waals surface area contributed by atoms with Gasteiger partial charge in [-0.2, -0.15) is 0 Å². The number of rotatable bonds is 21. The largest absolute Gasteiger partial charge is 0.468 e. The van der Waals surface area contributed by atoms with Crippen molar-refractivity contribution in [2.24, 2.45) is 23.7 Å². The molecule has 0 fully saturated rings. The second-order valence-corrected chi connectivity index (χ2v) is 10.7. The van der Waals surface area contributed by atoms with Gasteiger partial charge in [0.05, 0.1) is 39.6 Å². The zero-order chi connectivity index (χ0) is 28.4. The maximum Gasteiger partial charge on any atom is 0.325 e. The number of hydrogen-bond donors (Lipinski definition) is 0. The first kappa shape index (κ1) is 35.3. The minimum atomic E-state index is -0.748. The molecule has 0 aromatic rings. The monoisotopic (exact) mass is 531 g/mol. The van der Waals surface area contributed by atoms with Gasteiger partial charge in [-0.15, -0.1) is 0 Å². The van der Waals surface area contributed by atoms with Gasteiger partial charge in [-0.25, -0.2) is 0 Å². The second-order valence-electron chi connectivity index (χ2n) is 10.7. The summed E-state index contributed by atoms with van der Waals surface area (Å²) in [5.74, 6) is 0.217. The van der Waals surface area contributed by atoms with Gasteiger partial charge < -0.3 is 28.6 Å². The third-order valence-electron chi connectivity index (χ3n) is 6.96. The normalized spacial score (nSPS) is 14.9. The van der Waals surface area contributed by atoms with Crippen molar-refractivity contribution in [1.29, 1.82) is 0 Å². The van der Waals surface area contributed by atoms with Crippen LogP contribution in [-0.4, -0.2) is 88.7 Å². The van der Waals surface area contributed by atoms with Crippen LogP contribution in [0.15, 0.2) is 0 Å². The molecule has 4 unspecified atom stereocenters. The molecule has 0 aliphatic rings. The van der Waals surface area contributed by atoms with E-state index in [1.807, 2.05) is 13.8 Å². The molecule has 1 amide bonds. The molecule has 9 heteroatoms. The SMILES string of the molecule is CCC(C)CC(CC)COCC(COCC(C)(C)OCC(=O)N(CC(=O)OC)CC(=O)OC)C(C)CC. The van der Waals surface area contributed by atoms with E-state index in [-0.39, 0.29) is 32.2 Å². The van der Waals surface area contributed by atoms with Gasteiger partial charge in [-0.3, -0.25) is 14.4 Å². The van der Waals surface area contributed by atoms with Crippen molar-refractivity contribution in [3.05, 3.63) is 0 Å². The van der Waals surface area contributed by atoms with Crippen LogP contribution in [0.25, 0.3) is 0 Å². The highest BCUT2D eigenvalue weighted by atomic mass is 16.5. The highest BCUT2D eigenvalue weighted by Crippen LogP contribution is 2.21. The van der Waals surface area contributed by atoms with Crippen LogP contribution in [0.5, 0.6) is 0 Å². The summed E-state index contributed by atoms with van der Waals surface area (Å²) in [4.78, 5) is 36.9. The lowest BCUT2D eigenvalue weighted by atomic mass is 9.92. The van der Waals surface area contributed by atoms with Crippen molar-refractivity contribution in [3.63, 3.8) is 0 Å². The Hall–Kier alpha value is -1.71. The van der Waals surface area contributed by atoms with Crippen LogP contribution in [-0.2, 0) is 38.1 Å². The lowest BCUT2D eigenvalue weighted by molar-refractivity contribution is -0.157. The number of hydrogen-bond acceptors (Lipinski definition) is 8. The topological polar surface area (TPSA) is 101 Å². The molecule has 37 heavy (non-hydrogen) atoms. The molecule has 0 radical (unpaired) electrons. The van der Waals surface area contributed by atoms with Crippen molar-refractivity contribution in [2.75, 3.05) is 60.3 Å². The van der Waals surface area contributed by atoms with E-state index >= 15 is 0 Å². The maximum absolute atomic E-state index is 12.6. The number of carbonyl (C=O) groups is 3. The first-order valence-corrected chi connectivity index (χ1v) is 13.6. The Kier molecular flexibility index (Phi) is 18.5. The van der Waals surface area contributed by atoms with E-state index in [0.29, 0.717) is 31.0 Å². The van der Waals surface area contributed by atoms with Crippen LogP contribution in [0.2, 0.25) is 0 Å². The first-order valence-electron chi connectivity index (χ1n) is 13.6. The number of amides is 1. The fourth-order valence-electron chi connectivity index (χ4n) is 3.70. The predicted molar refractivity (Wildman–Crippen MR) is 143 cm³/mol. The molecule has 0 aromatic heterocycles. The van der Waals surface area contributed by atoms with Crippen molar-refractivity contribution in [3.8, 4) is 0 Å². The van der Waals surface area contributed by atoms with E-state index in [2.05, 4.69) is 44.1 Å². The molecule has 4 atom stereocenters.